The monoisotopic (exact) mass is 302 g/mol. The van der Waals surface area contributed by atoms with Crippen molar-refractivity contribution in [2.24, 2.45) is 10.8 Å². The number of hydrogen-bond acceptors (Lipinski definition) is 4. The number of likely N-dealkylation sites (N-methyl/N-ethyl adjacent to an activating group) is 1. The molecule has 0 aromatic heterocycles. The number of carbonyl (C=O) groups excluding carboxylic acids is 2. The van der Waals surface area contributed by atoms with Crippen LogP contribution in [0.15, 0.2) is 0 Å². The predicted molar refractivity (Wildman–Crippen MR) is 82.7 cm³/mol. The summed E-state index contributed by atoms with van der Waals surface area (Å²) < 4.78 is 10.7. The van der Waals surface area contributed by atoms with Gasteiger partial charge in [-0.05, 0) is 19.3 Å². The number of carbonyl (C=O) groups is 2. The Morgan fingerprint density at radius 1 is 1.00 bits per heavy atom. The maximum absolute atomic E-state index is 12.2. The van der Waals surface area contributed by atoms with Crippen LogP contribution in [0.2, 0.25) is 0 Å². The Morgan fingerprint density at radius 2 is 1.52 bits per heavy atom. The SMILES string of the molecule is COC(=O)CC[N+](C)(C)CCOC(=O)C(C)(C)C(C)(C)C. The fourth-order valence-corrected chi connectivity index (χ4v) is 1.48. The van der Waals surface area contributed by atoms with E-state index in [1.54, 1.807) is 0 Å². The van der Waals surface area contributed by atoms with Crippen molar-refractivity contribution in [3.8, 4) is 0 Å². The minimum atomic E-state index is -0.532. The molecule has 0 amide bonds. The Bertz CT molecular complexity index is 367. The quantitative estimate of drug-likeness (QED) is 0.534. The molecule has 0 radical (unpaired) electrons. The van der Waals surface area contributed by atoms with E-state index < -0.39 is 5.41 Å². The van der Waals surface area contributed by atoms with Gasteiger partial charge in [0.15, 0.2) is 0 Å². The van der Waals surface area contributed by atoms with E-state index >= 15 is 0 Å². The molecule has 0 aromatic carbocycles. The van der Waals surface area contributed by atoms with Crippen LogP contribution in [0.5, 0.6) is 0 Å². The number of rotatable bonds is 7. The third-order valence-electron chi connectivity index (χ3n) is 4.46. The highest BCUT2D eigenvalue weighted by atomic mass is 16.5. The van der Waals surface area contributed by atoms with Gasteiger partial charge >= 0.3 is 11.9 Å². The molecular formula is C16H32NO4+. The van der Waals surface area contributed by atoms with Crippen molar-refractivity contribution in [2.75, 3.05) is 40.9 Å². The van der Waals surface area contributed by atoms with Crippen LogP contribution in [0.25, 0.3) is 0 Å². The van der Waals surface area contributed by atoms with Crippen LogP contribution >= 0.6 is 0 Å². The molecule has 5 nitrogen and oxygen atoms in total. The van der Waals surface area contributed by atoms with E-state index in [2.05, 4.69) is 4.74 Å². The lowest BCUT2D eigenvalue weighted by Crippen LogP contribution is -2.45. The number of nitrogens with zero attached hydrogens (tertiary/aromatic N) is 1. The first kappa shape index (κ1) is 19.9. The Balaban J connectivity index is 4.30. The van der Waals surface area contributed by atoms with Crippen molar-refractivity contribution in [1.82, 2.24) is 0 Å². The number of esters is 2. The number of methoxy groups -OCH3 is 1. The van der Waals surface area contributed by atoms with Gasteiger partial charge in [0.05, 0.1) is 39.6 Å². The maximum atomic E-state index is 12.2. The van der Waals surface area contributed by atoms with E-state index in [9.17, 15) is 9.59 Å². The summed E-state index contributed by atoms with van der Waals surface area (Å²) in [6.07, 6.45) is 0.366. The van der Waals surface area contributed by atoms with Crippen LogP contribution in [0.1, 0.15) is 41.0 Å². The molecule has 124 valence electrons. The first-order valence-electron chi connectivity index (χ1n) is 7.39. The van der Waals surface area contributed by atoms with Gasteiger partial charge in [0, 0.05) is 0 Å². The Hall–Kier alpha value is -1.10. The van der Waals surface area contributed by atoms with Gasteiger partial charge in [-0.3, -0.25) is 9.59 Å². The van der Waals surface area contributed by atoms with Gasteiger partial charge in [-0.15, -0.1) is 0 Å². The molecule has 0 fully saturated rings. The van der Waals surface area contributed by atoms with Crippen LogP contribution in [0.4, 0.5) is 0 Å². The van der Waals surface area contributed by atoms with E-state index in [1.165, 1.54) is 7.11 Å². The third kappa shape index (κ3) is 6.46. The highest BCUT2D eigenvalue weighted by molar-refractivity contribution is 5.76. The molecule has 5 heteroatoms. The fraction of sp³-hybridized carbons (Fsp3) is 0.875. The summed E-state index contributed by atoms with van der Waals surface area (Å²) in [5, 5.41) is 0. The molecule has 0 aliphatic carbocycles. The summed E-state index contributed by atoms with van der Waals surface area (Å²) in [6.45, 7) is 11.6. The Kier molecular flexibility index (Phi) is 6.87. The second-order valence-electron chi connectivity index (χ2n) is 7.72. The molecule has 0 heterocycles. The zero-order valence-corrected chi connectivity index (χ0v) is 14.9. The van der Waals surface area contributed by atoms with E-state index in [0.29, 0.717) is 30.6 Å². The molecular weight excluding hydrogens is 270 g/mol. The van der Waals surface area contributed by atoms with E-state index in [0.717, 1.165) is 0 Å². The molecule has 0 aromatic rings. The van der Waals surface area contributed by atoms with Gasteiger partial charge in [-0.2, -0.15) is 0 Å². The molecule has 0 rings (SSSR count). The van der Waals surface area contributed by atoms with Crippen LogP contribution < -0.4 is 0 Å². The zero-order chi connectivity index (χ0) is 16.9. The van der Waals surface area contributed by atoms with Gasteiger partial charge in [0.2, 0.25) is 0 Å². The number of ether oxygens (including phenoxy) is 2. The standard InChI is InChI=1S/C16H32NO4/c1-15(2,3)16(4,5)14(19)21-12-11-17(6,7)10-9-13(18)20-8/h9-12H2,1-8H3/q+1. The van der Waals surface area contributed by atoms with Crippen LogP contribution in [0.3, 0.4) is 0 Å². The van der Waals surface area contributed by atoms with Gasteiger partial charge in [-0.1, -0.05) is 20.8 Å². The topological polar surface area (TPSA) is 52.6 Å². The Labute approximate surface area is 129 Å². The molecule has 0 unspecified atom stereocenters. The first-order chi connectivity index (χ1) is 9.33. The minimum Gasteiger partial charge on any atom is -0.469 e. The summed E-state index contributed by atoms with van der Waals surface area (Å²) >= 11 is 0. The normalized spacial score (nSPS) is 13.0. The third-order valence-corrected chi connectivity index (χ3v) is 4.46. The van der Waals surface area contributed by atoms with Gasteiger partial charge in [-0.25, -0.2) is 0 Å². The summed E-state index contributed by atoms with van der Waals surface area (Å²) in [7, 11) is 5.40. The number of quaternary nitrogens is 1. The van der Waals surface area contributed by atoms with Crippen LogP contribution in [-0.4, -0.2) is 57.3 Å². The molecule has 0 atom stereocenters. The van der Waals surface area contributed by atoms with Gasteiger partial charge in [0.25, 0.3) is 0 Å². The average molecular weight is 302 g/mol. The summed E-state index contributed by atoms with van der Waals surface area (Å²) in [4.78, 5) is 23.4. The lowest BCUT2D eigenvalue weighted by atomic mass is 9.69. The second-order valence-corrected chi connectivity index (χ2v) is 7.72. The van der Waals surface area contributed by atoms with E-state index in [4.69, 9.17) is 4.74 Å². The average Bonchev–Trinajstić information content (AvgIpc) is 2.34. The van der Waals surface area contributed by atoms with Crippen molar-refractivity contribution in [1.29, 1.82) is 0 Å². The van der Waals surface area contributed by atoms with Crippen LogP contribution in [-0.2, 0) is 19.1 Å². The molecule has 0 spiro atoms. The molecule has 0 saturated carbocycles. The Morgan fingerprint density at radius 3 is 1.95 bits per heavy atom. The van der Waals surface area contributed by atoms with E-state index in [-0.39, 0.29) is 17.4 Å². The van der Waals surface area contributed by atoms with E-state index in [1.807, 2.05) is 48.7 Å². The van der Waals surface area contributed by atoms with Gasteiger partial charge in [0.1, 0.15) is 13.2 Å². The maximum Gasteiger partial charge on any atom is 0.312 e. The smallest absolute Gasteiger partial charge is 0.312 e. The molecule has 0 aliphatic rings. The lowest BCUT2D eigenvalue weighted by molar-refractivity contribution is -0.889. The van der Waals surface area contributed by atoms with Crippen molar-refractivity contribution in [3.63, 3.8) is 0 Å². The van der Waals surface area contributed by atoms with Crippen molar-refractivity contribution < 1.29 is 23.5 Å². The van der Waals surface area contributed by atoms with Crippen molar-refractivity contribution in [2.45, 2.75) is 41.0 Å². The largest absolute Gasteiger partial charge is 0.469 e. The fourth-order valence-electron chi connectivity index (χ4n) is 1.48. The summed E-state index contributed by atoms with van der Waals surface area (Å²) in [6, 6.07) is 0. The molecule has 0 bridgehead atoms. The molecule has 0 saturated heterocycles. The van der Waals surface area contributed by atoms with Crippen molar-refractivity contribution in [3.05, 3.63) is 0 Å². The minimum absolute atomic E-state index is 0.153. The number of hydrogen-bond donors (Lipinski definition) is 0. The predicted octanol–water partition coefficient (Wildman–Crippen LogP) is 2.24. The van der Waals surface area contributed by atoms with Crippen molar-refractivity contribution >= 4 is 11.9 Å². The second kappa shape index (κ2) is 7.25. The molecule has 0 aliphatic heterocycles. The molecule has 21 heavy (non-hydrogen) atoms. The summed E-state index contributed by atoms with van der Waals surface area (Å²) in [5.41, 5.74) is -0.685. The van der Waals surface area contributed by atoms with Gasteiger partial charge < -0.3 is 14.0 Å². The lowest BCUT2D eigenvalue weighted by Gasteiger charge is -2.36. The zero-order valence-electron chi connectivity index (χ0n) is 14.9. The summed E-state index contributed by atoms with van der Waals surface area (Å²) in [5.74, 6) is -0.393. The highest BCUT2D eigenvalue weighted by Crippen LogP contribution is 2.38. The first-order valence-corrected chi connectivity index (χ1v) is 7.39. The molecule has 0 N–H and O–H groups in total. The van der Waals surface area contributed by atoms with Crippen LogP contribution in [0, 0.1) is 10.8 Å². The highest BCUT2D eigenvalue weighted by Gasteiger charge is 2.41.